The third-order valence-electron chi connectivity index (χ3n) is 6.41. The topological polar surface area (TPSA) is 77.6 Å². The number of carbonyl (C=O) groups is 1. The number of aryl methyl sites for hydroxylation is 2. The summed E-state index contributed by atoms with van der Waals surface area (Å²) in [5, 5.41) is 13.4. The van der Waals surface area contributed by atoms with Crippen molar-refractivity contribution in [2.45, 2.75) is 57.9 Å². The van der Waals surface area contributed by atoms with Crippen LogP contribution in [0.1, 0.15) is 71.9 Å². The highest BCUT2D eigenvalue weighted by molar-refractivity contribution is 6.13. The van der Waals surface area contributed by atoms with Gasteiger partial charge in [-0.2, -0.15) is 10.2 Å². The normalized spacial score (nSPS) is 15.9. The second kappa shape index (κ2) is 7.29. The van der Waals surface area contributed by atoms with Crippen LogP contribution in [0.3, 0.4) is 0 Å². The van der Waals surface area contributed by atoms with Crippen molar-refractivity contribution in [2.75, 3.05) is 5.32 Å². The van der Waals surface area contributed by atoms with Crippen molar-refractivity contribution in [3.8, 4) is 5.69 Å². The number of nitrogens with one attached hydrogen (secondary N) is 1. The quantitative estimate of drug-likeness (QED) is 0.473. The second-order valence-electron chi connectivity index (χ2n) is 8.91. The van der Waals surface area contributed by atoms with E-state index in [1.807, 2.05) is 65.8 Å². The lowest BCUT2D eigenvalue weighted by Gasteiger charge is -2.09. The van der Waals surface area contributed by atoms with E-state index in [9.17, 15) is 4.79 Å². The van der Waals surface area contributed by atoms with Crippen molar-refractivity contribution in [3.63, 3.8) is 0 Å². The third-order valence-corrected chi connectivity index (χ3v) is 6.41. The van der Waals surface area contributed by atoms with Gasteiger partial charge in [0.2, 0.25) is 0 Å². The molecule has 1 amide bonds. The third kappa shape index (κ3) is 3.28. The Morgan fingerprint density at radius 1 is 1.09 bits per heavy atom. The molecule has 0 saturated heterocycles. The first kappa shape index (κ1) is 19.2. The Morgan fingerprint density at radius 2 is 1.84 bits per heavy atom. The molecule has 162 valence electrons. The molecule has 2 aliphatic rings. The molecular weight excluding hydrogens is 400 g/mol. The lowest BCUT2D eigenvalue weighted by atomic mass is 10.0. The first-order chi connectivity index (χ1) is 15.6. The summed E-state index contributed by atoms with van der Waals surface area (Å²) in [6.45, 7) is 4.71. The van der Waals surface area contributed by atoms with Crippen LogP contribution in [0.4, 0.5) is 5.69 Å². The highest BCUT2D eigenvalue weighted by atomic mass is 16.1. The number of nitrogens with zero attached hydrogens (tertiary/aromatic N) is 5. The Hall–Kier alpha value is -3.48. The number of rotatable bonds is 6. The predicted octanol–water partition coefficient (Wildman–Crippen LogP) is 4.95. The van der Waals surface area contributed by atoms with Crippen molar-refractivity contribution in [3.05, 3.63) is 65.2 Å². The molecule has 4 aromatic rings. The average molecular weight is 427 g/mol. The van der Waals surface area contributed by atoms with Gasteiger partial charge in [0.25, 0.3) is 5.91 Å². The van der Waals surface area contributed by atoms with Crippen molar-refractivity contribution in [1.29, 1.82) is 0 Å². The van der Waals surface area contributed by atoms with Crippen LogP contribution in [0.2, 0.25) is 0 Å². The van der Waals surface area contributed by atoms with Crippen LogP contribution < -0.4 is 5.32 Å². The molecule has 7 nitrogen and oxygen atoms in total. The number of anilines is 1. The average Bonchev–Trinajstić information content (AvgIpc) is 3.75. The van der Waals surface area contributed by atoms with Gasteiger partial charge in [-0.3, -0.25) is 9.48 Å². The van der Waals surface area contributed by atoms with E-state index in [1.165, 1.54) is 0 Å². The number of benzene rings is 1. The van der Waals surface area contributed by atoms with Gasteiger partial charge in [0.1, 0.15) is 0 Å². The Labute approximate surface area is 186 Å². The summed E-state index contributed by atoms with van der Waals surface area (Å²) in [6.07, 6.45) is 6.35. The summed E-state index contributed by atoms with van der Waals surface area (Å²) >= 11 is 0. The van der Waals surface area contributed by atoms with Crippen LogP contribution >= 0.6 is 0 Å². The molecule has 7 heteroatoms. The van der Waals surface area contributed by atoms with E-state index in [0.717, 1.165) is 71.7 Å². The molecule has 0 bridgehead atoms. The number of fused-ring (bicyclic) bond motifs is 1. The standard InChI is InChI=1S/C25H26N6O/c1-3-30-14-21(15(2)28-30)27-25(32)19-13-20(16-9-10-16)26-24-22(19)23(17-11-12-17)29-31(24)18-7-5-4-6-8-18/h4-8,13-14,16-17H,3,9-12H2,1-2H3,(H,27,32). The number of hydrogen-bond donors (Lipinski definition) is 1. The number of carbonyl (C=O) groups excluding carboxylic acids is 1. The van der Waals surface area contributed by atoms with Gasteiger partial charge in [-0.15, -0.1) is 0 Å². The molecule has 0 unspecified atom stereocenters. The molecule has 0 radical (unpaired) electrons. The minimum atomic E-state index is -0.118. The fourth-order valence-corrected chi connectivity index (χ4v) is 4.31. The smallest absolute Gasteiger partial charge is 0.256 e. The van der Waals surface area contributed by atoms with Crippen LogP contribution in [0.15, 0.2) is 42.6 Å². The van der Waals surface area contributed by atoms with Gasteiger partial charge in [-0.25, -0.2) is 9.67 Å². The molecule has 1 aromatic carbocycles. The molecule has 0 spiro atoms. The summed E-state index contributed by atoms with van der Waals surface area (Å²) in [5.41, 5.74) is 5.97. The van der Waals surface area contributed by atoms with Gasteiger partial charge >= 0.3 is 0 Å². The molecule has 0 aliphatic heterocycles. The van der Waals surface area contributed by atoms with E-state index in [4.69, 9.17) is 10.1 Å². The van der Waals surface area contributed by atoms with Crippen LogP contribution in [-0.2, 0) is 6.54 Å². The van der Waals surface area contributed by atoms with E-state index >= 15 is 0 Å². The molecule has 6 rings (SSSR count). The van der Waals surface area contributed by atoms with E-state index in [0.29, 0.717) is 17.4 Å². The number of hydrogen-bond acceptors (Lipinski definition) is 4. The van der Waals surface area contributed by atoms with Gasteiger partial charge in [0, 0.05) is 30.3 Å². The maximum atomic E-state index is 13.6. The molecule has 2 saturated carbocycles. The molecule has 1 N–H and O–H groups in total. The molecule has 3 heterocycles. The summed E-state index contributed by atoms with van der Waals surface area (Å²) in [6, 6.07) is 12.1. The van der Waals surface area contributed by atoms with E-state index < -0.39 is 0 Å². The molecular formula is C25H26N6O. The Morgan fingerprint density at radius 3 is 2.50 bits per heavy atom. The first-order valence-electron chi connectivity index (χ1n) is 11.5. The number of amides is 1. The molecule has 2 aliphatic carbocycles. The Bertz CT molecular complexity index is 1330. The van der Waals surface area contributed by atoms with E-state index in [2.05, 4.69) is 10.4 Å². The van der Waals surface area contributed by atoms with Gasteiger partial charge in [-0.05, 0) is 57.7 Å². The van der Waals surface area contributed by atoms with Gasteiger partial charge < -0.3 is 5.32 Å². The monoisotopic (exact) mass is 426 g/mol. The number of para-hydroxylation sites is 1. The Kier molecular flexibility index (Phi) is 4.38. The van der Waals surface area contributed by atoms with Crippen molar-refractivity contribution in [2.24, 2.45) is 0 Å². The van der Waals surface area contributed by atoms with Crippen molar-refractivity contribution in [1.82, 2.24) is 24.5 Å². The van der Waals surface area contributed by atoms with Crippen LogP contribution in [0, 0.1) is 6.92 Å². The minimum Gasteiger partial charge on any atom is -0.319 e. The van der Waals surface area contributed by atoms with Gasteiger partial charge in [-0.1, -0.05) is 18.2 Å². The highest BCUT2D eigenvalue weighted by Gasteiger charge is 2.34. The first-order valence-corrected chi connectivity index (χ1v) is 11.5. The highest BCUT2D eigenvalue weighted by Crippen LogP contribution is 2.45. The number of pyridine rings is 1. The van der Waals surface area contributed by atoms with E-state index in [1.54, 1.807) is 0 Å². The van der Waals surface area contributed by atoms with Crippen LogP contribution in [-0.4, -0.2) is 30.5 Å². The zero-order chi connectivity index (χ0) is 21.8. The summed E-state index contributed by atoms with van der Waals surface area (Å²) in [7, 11) is 0. The summed E-state index contributed by atoms with van der Waals surface area (Å²) in [5.74, 6) is 0.707. The fraction of sp³-hybridized carbons (Fsp3) is 0.360. The molecule has 0 atom stereocenters. The van der Waals surface area contributed by atoms with Gasteiger partial charge in [0.05, 0.1) is 33.7 Å². The molecule has 32 heavy (non-hydrogen) atoms. The molecule has 2 fully saturated rings. The lowest BCUT2D eigenvalue weighted by Crippen LogP contribution is -2.14. The zero-order valence-corrected chi connectivity index (χ0v) is 18.4. The van der Waals surface area contributed by atoms with Crippen LogP contribution in [0.5, 0.6) is 0 Å². The van der Waals surface area contributed by atoms with Crippen LogP contribution in [0.25, 0.3) is 16.7 Å². The largest absolute Gasteiger partial charge is 0.319 e. The minimum absolute atomic E-state index is 0.118. The van der Waals surface area contributed by atoms with E-state index in [-0.39, 0.29) is 5.91 Å². The predicted molar refractivity (Wildman–Crippen MR) is 123 cm³/mol. The fourth-order valence-electron chi connectivity index (χ4n) is 4.31. The molecule has 3 aromatic heterocycles. The SMILES string of the molecule is CCn1cc(NC(=O)c2cc(C3CC3)nc3c2c(C2CC2)nn3-c2ccccc2)c(C)n1. The van der Waals surface area contributed by atoms with Gasteiger partial charge in [0.15, 0.2) is 5.65 Å². The number of aromatic nitrogens is 5. The lowest BCUT2D eigenvalue weighted by molar-refractivity contribution is 0.102. The zero-order valence-electron chi connectivity index (χ0n) is 18.4. The Balaban J connectivity index is 1.52. The summed E-state index contributed by atoms with van der Waals surface area (Å²) in [4.78, 5) is 18.6. The second-order valence-corrected chi connectivity index (χ2v) is 8.91. The maximum absolute atomic E-state index is 13.6. The van der Waals surface area contributed by atoms with Crippen molar-refractivity contribution >= 4 is 22.6 Å². The van der Waals surface area contributed by atoms with Crippen molar-refractivity contribution < 1.29 is 4.79 Å². The maximum Gasteiger partial charge on any atom is 0.256 e. The summed E-state index contributed by atoms with van der Waals surface area (Å²) < 4.78 is 3.76.